The van der Waals surface area contributed by atoms with E-state index in [9.17, 15) is 0 Å². The van der Waals surface area contributed by atoms with Crippen LogP contribution in [0.3, 0.4) is 0 Å². The number of nitrogens with two attached hydrogens (primary N) is 1. The van der Waals surface area contributed by atoms with E-state index in [0.717, 1.165) is 32.5 Å². The normalized spacial score (nSPS) is 26.9. The van der Waals surface area contributed by atoms with Gasteiger partial charge >= 0.3 is 0 Å². The minimum atomic E-state index is 0.113. The fourth-order valence-corrected chi connectivity index (χ4v) is 1.77. The number of rotatable bonds is 3. The first kappa shape index (κ1) is 9.50. The Balaban J connectivity index is 2.40. The zero-order valence-electron chi connectivity index (χ0n) is 7.66. The molecule has 0 aliphatic carbocycles. The van der Waals surface area contributed by atoms with Crippen molar-refractivity contribution in [3.8, 4) is 6.07 Å². The predicted molar refractivity (Wildman–Crippen MR) is 48.4 cm³/mol. The third kappa shape index (κ3) is 1.96. The number of hydrogen-bond acceptors (Lipinski definition) is 3. The van der Waals surface area contributed by atoms with Gasteiger partial charge in [0, 0.05) is 6.54 Å². The summed E-state index contributed by atoms with van der Waals surface area (Å²) in [6, 6.07) is 2.44. The largest absolute Gasteiger partial charge is 0.330 e. The van der Waals surface area contributed by atoms with Crippen molar-refractivity contribution in [2.24, 2.45) is 11.7 Å². The topological polar surface area (TPSA) is 53.0 Å². The van der Waals surface area contributed by atoms with Crippen molar-refractivity contribution in [2.45, 2.75) is 25.8 Å². The van der Waals surface area contributed by atoms with Gasteiger partial charge in [-0.2, -0.15) is 5.26 Å². The minimum absolute atomic E-state index is 0.113. The van der Waals surface area contributed by atoms with Crippen molar-refractivity contribution in [3.05, 3.63) is 0 Å². The molecule has 0 aromatic heterocycles. The third-order valence-corrected chi connectivity index (χ3v) is 2.63. The Kier molecular flexibility index (Phi) is 3.51. The number of nitriles is 1. The standard InChI is InChI=1S/C9H17N3/c1-2-9(6-11)12-4-3-8(5-10)7-12/h8-9H,2-5,7,10H2,1H3. The lowest BCUT2D eigenvalue weighted by atomic mass is 10.1. The van der Waals surface area contributed by atoms with E-state index in [1.807, 2.05) is 0 Å². The molecule has 3 nitrogen and oxygen atoms in total. The second-order valence-electron chi connectivity index (χ2n) is 3.44. The lowest BCUT2D eigenvalue weighted by molar-refractivity contribution is 0.273. The summed E-state index contributed by atoms with van der Waals surface area (Å²) < 4.78 is 0. The molecule has 1 aliphatic rings. The molecule has 2 N–H and O–H groups in total. The van der Waals surface area contributed by atoms with Crippen molar-refractivity contribution in [1.82, 2.24) is 4.90 Å². The van der Waals surface area contributed by atoms with E-state index < -0.39 is 0 Å². The summed E-state index contributed by atoms with van der Waals surface area (Å²) in [6.07, 6.45) is 2.09. The van der Waals surface area contributed by atoms with Gasteiger partial charge in [0.25, 0.3) is 0 Å². The van der Waals surface area contributed by atoms with Crippen molar-refractivity contribution in [3.63, 3.8) is 0 Å². The lowest BCUT2D eigenvalue weighted by Gasteiger charge is -2.20. The molecule has 0 radical (unpaired) electrons. The first-order valence-corrected chi connectivity index (χ1v) is 4.65. The summed E-state index contributed by atoms with van der Waals surface area (Å²) in [7, 11) is 0. The highest BCUT2D eigenvalue weighted by atomic mass is 15.2. The fourth-order valence-electron chi connectivity index (χ4n) is 1.77. The first-order chi connectivity index (χ1) is 5.81. The number of likely N-dealkylation sites (tertiary alicyclic amines) is 1. The van der Waals surface area contributed by atoms with Gasteiger partial charge in [-0.3, -0.25) is 4.90 Å². The smallest absolute Gasteiger partial charge is 0.0975 e. The van der Waals surface area contributed by atoms with Crippen LogP contribution in [0.25, 0.3) is 0 Å². The Bertz CT molecular complexity index is 173. The van der Waals surface area contributed by atoms with Gasteiger partial charge in [-0.25, -0.2) is 0 Å². The first-order valence-electron chi connectivity index (χ1n) is 4.65. The predicted octanol–water partition coefficient (Wildman–Crippen LogP) is 0.569. The van der Waals surface area contributed by atoms with Gasteiger partial charge in [-0.15, -0.1) is 0 Å². The maximum Gasteiger partial charge on any atom is 0.0975 e. The van der Waals surface area contributed by atoms with E-state index in [-0.39, 0.29) is 6.04 Å². The molecule has 1 rings (SSSR count). The monoisotopic (exact) mass is 167 g/mol. The summed E-state index contributed by atoms with van der Waals surface area (Å²) >= 11 is 0. The average Bonchev–Trinajstić information content (AvgIpc) is 2.55. The van der Waals surface area contributed by atoms with Crippen LogP contribution >= 0.6 is 0 Å². The van der Waals surface area contributed by atoms with Crippen LogP contribution in [0.2, 0.25) is 0 Å². The third-order valence-electron chi connectivity index (χ3n) is 2.63. The molecule has 0 spiro atoms. The summed E-state index contributed by atoms with van der Waals surface area (Å²) in [6.45, 7) is 4.89. The zero-order valence-corrected chi connectivity index (χ0v) is 7.66. The highest BCUT2D eigenvalue weighted by molar-refractivity contribution is 4.94. The molecule has 0 saturated carbocycles. The highest BCUT2D eigenvalue weighted by Crippen LogP contribution is 2.18. The zero-order chi connectivity index (χ0) is 8.97. The molecule has 1 aliphatic heterocycles. The van der Waals surface area contributed by atoms with E-state index in [1.165, 1.54) is 0 Å². The van der Waals surface area contributed by atoms with Crippen molar-refractivity contribution < 1.29 is 0 Å². The Morgan fingerprint density at radius 3 is 2.92 bits per heavy atom. The SMILES string of the molecule is CCC(C#N)N1CCC(CN)C1. The minimum Gasteiger partial charge on any atom is -0.330 e. The van der Waals surface area contributed by atoms with Crippen LogP contribution in [0.15, 0.2) is 0 Å². The van der Waals surface area contributed by atoms with E-state index in [1.54, 1.807) is 0 Å². The van der Waals surface area contributed by atoms with Crippen molar-refractivity contribution in [1.29, 1.82) is 5.26 Å². The van der Waals surface area contributed by atoms with Gasteiger partial charge < -0.3 is 5.73 Å². The van der Waals surface area contributed by atoms with Crippen LogP contribution in [0, 0.1) is 17.2 Å². The average molecular weight is 167 g/mol. The second-order valence-corrected chi connectivity index (χ2v) is 3.44. The molecule has 0 bridgehead atoms. The van der Waals surface area contributed by atoms with Crippen LogP contribution in [-0.2, 0) is 0 Å². The van der Waals surface area contributed by atoms with Crippen LogP contribution in [-0.4, -0.2) is 30.6 Å². The fraction of sp³-hybridized carbons (Fsp3) is 0.889. The highest BCUT2D eigenvalue weighted by Gasteiger charge is 2.25. The molecule has 12 heavy (non-hydrogen) atoms. The molecule has 0 aromatic carbocycles. The molecule has 0 amide bonds. The van der Waals surface area contributed by atoms with Crippen LogP contribution in [0.4, 0.5) is 0 Å². The Morgan fingerprint density at radius 1 is 1.75 bits per heavy atom. The maximum atomic E-state index is 8.82. The molecular weight excluding hydrogens is 150 g/mol. The molecule has 1 saturated heterocycles. The van der Waals surface area contributed by atoms with E-state index in [0.29, 0.717) is 5.92 Å². The van der Waals surface area contributed by atoms with E-state index in [2.05, 4.69) is 17.9 Å². The Labute approximate surface area is 74.1 Å². The van der Waals surface area contributed by atoms with Gasteiger partial charge in [-0.1, -0.05) is 6.92 Å². The van der Waals surface area contributed by atoms with E-state index >= 15 is 0 Å². The van der Waals surface area contributed by atoms with Crippen molar-refractivity contribution in [2.75, 3.05) is 19.6 Å². The Hall–Kier alpha value is -0.590. The molecule has 3 heteroatoms. The summed E-state index contributed by atoms with van der Waals surface area (Å²) in [5.41, 5.74) is 5.57. The summed E-state index contributed by atoms with van der Waals surface area (Å²) in [4.78, 5) is 2.25. The maximum absolute atomic E-state index is 8.82. The molecule has 68 valence electrons. The Morgan fingerprint density at radius 2 is 2.50 bits per heavy atom. The molecule has 2 atom stereocenters. The van der Waals surface area contributed by atoms with Crippen LogP contribution in [0.5, 0.6) is 0 Å². The van der Waals surface area contributed by atoms with Gasteiger partial charge in [0.2, 0.25) is 0 Å². The van der Waals surface area contributed by atoms with Crippen LogP contribution < -0.4 is 5.73 Å². The molecular formula is C9H17N3. The molecule has 2 unspecified atom stereocenters. The molecule has 0 aromatic rings. The summed E-state index contributed by atoms with van der Waals surface area (Å²) in [5.74, 6) is 0.618. The number of hydrogen-bond donors (Lipinski definition) is 1. The van der Waals surface area contributed by atoms with Crippen LogP contribution in [0.1, 0.15) is 19.8 Å². The van der Waals surface area contributed by atoms with Gasteiger partial charge in [0.1, 0.15) is 0 Å². The quantitative estimate of drug-likeness (QED) is 0.668. The molecule has 1 heterocycles. The van der Waals surface area contributed by atoms with E-state index in [4.69, 9.17) is 11.0 Å². The number of nitrogens with zero attached hydrogens (tertiary/aromatic N) is 2. The molecule has 1 fully saturated rings. The van der Waals surface area contributed by atoms with Gasteiger partial charge in [0.15, 0.2) is 0 Å². The van der Waals surface area contributed by atoms with Gasteiger partial charge in [0.05, 0.1) is 12.1 Å². The summed E-state index contributed by atoms with van der Waals surface area (Å²) in [5, 5.41) is 8.82. The van der Waals surface area contributed by atoms with Gasteiger partial charge in [-0.05, 0) is 31.8 Å². The lowest BCUT2D eigenvalue weighted by Crippen LogP contribution is -2.32. The van der Waals surface area contributed by atoms with Crippen molar-refractivity contribution >= 4 is 0 Å². The second kappa shape index (κ2) is 4.44.